The standard InChI is InChI=1S/C35H57N11O13/c1-3-17(2)27(33(57)45-25(16-49)34(58)59)46-32(56)24(15-48)44-30(54)22(10-11-26(37)51)42-31(55)23(14-47)43-29(53)21(5-4-12-40-35(38)39)41-28(52)20(36)13-18-6-8-19(50)9-7-18/h6-9,17,20-25,27,47-50H,3-5,10-16,36H2,1-2H3,(H2,37,51)(H,41,52)(H,42,55)(H,43,53)(H,44,54)(H,45,57)(H,46,56)(H,58,59)(H4,38,39,40)/t17-,20-,21-,22-,23-,24-,25-,27-/m0/s1. The molecule has 0 aliphatic heterocycles. The highest BCUT2D eigenvalue weighted by Gasteiger charge is 2.34. The van der Waals surface area contributed by atoms with Crippen LogP contribution in [0.4, 0.5) is 0 Å². The van der Waals surface area contributed by atoms with E-state index in [1.807, 2.05) is 0 Å². The topological polar surface area (TPSA) is 426 Å². The molecule has 0 saturated carbocycles. The Morgan fingerprint density at radius 3 is 1.59 bits per heavy atom. The number of hydrogen-bond acceptors (Lipinski definition) is 14. The second kappa shape index (κ2) is 26.0. The number of phenols is 1. The van der Waals surface area contributed by atoms with Crippen molar-refractivity contribution in [3.8, 4) is 5.75 Å². The Balaban J connectivity index is 3.19. The largest absolute Gasteiger partial charge is 0.508 e. The van der Waals surface area contributed by atoms with E-state index in [1.165, 1.54) is 12.1 Å². The molecule has 59 heavy (non-hydrogen) atoms. The number of aliphatic carboxylic acids is 1. The summed E-state index contributed by atoms with van der Waals surface area (Å²) in [4.78, 5) is 106. The fourth-order valence-electron chi connectivity index (χ4n) is 5.19. The molecule has 0 spiro atoms. The fourth-order valence-corrected chi connectivity index (χ4v) is 5.19. The van der Waals surface area contributed by atoms with E-state index < -0.39 is 128 Å². The van der Waals surface area contributed by atoms with Crippen LogP contribution in [0.3, 0.4) is 0 Å². The van der Waals surface area contributed by atoms with Gasteiger partial charge in [-0.25, -0.2) is 4.79 Å². The zero-order chi connectivity index (χ0) is 44.8. The zero-order valence-corrected chi connectivity index (χ0v) is 32.8. The molecule has 0 bridgehead atoms. The molecule has 24 heteroatoms. The van der Waals surface area contributed by atoms with Crippen LogP contribution in [0.2, 0.25) is 0 Å². The lowest BCUT2D eigenvalue weighted by molar-refractivity contribution is -0.143. The van der Waals surface area contributed by atoms with E-state index in [4.69, 9.17) is 22.9 Å². The summed E-state index contributed by atoms with van der Waals surface area (Å²) in [5.41, 5.74) is 22.6. The number of aromatic hydroxyl groups is 1. The number of carboxylic acid groups (broad SMARTS) is 1. The van der Waals surface area contributed by atoms with Crippen LogP contribution >= 0.6 is 0 Å². The molecule has 0 aliphatic rings. The molecule has 24 nitrogen and oxygen atoms in total. The van der Waals surface area contributed by atoms with Crippen molar-refractivity contribution in [1.82, 2.24) is 31.9 Å². The van der Waals surface area contributed by atoms with Gasteiger partial charge in [0.05, 0.1) is 25.9 Å². The molecule has 8 atom stereocenters. The molecule has 0 heterocycles. The summed E-state index contributed by atoms with van der Waals surface area (Å²) in [6.07, 6.45) is -0.538. The van der Waals surface area contributed by atoms with E-state index in [-0.39, 0.29) is 37.5 Å². The number of rotatable bonds is 27. The van der Waals surface area contributed by atoms with Crippen LogP contribution in [-0.2, 0) is 44.8 Å². The Kier molecular flexibility index (Phi) is 22.4. The van der Waals surface area contributed by atoms with Gasteiger partial charge in [0.2, 0.25) is 41.4 Å². The van der Waals surface area contributed by atoms with E-state index in [1.54, 1.807) is 26.0 Å². The molecule has 0 unspecified atom stereocenters. The van der Waals surface area contributed by atoms with Crippen LogP contribution < -0.4 is 54.8 Å². The fraction of sp³-hybridized carbons (Fsp3) is 0.571. The second-order valence-electron chi connectivity index (χ2n) is 13.5. The van der Waals surface area contributed by atoms with Crippen LogP contribution in [0.5, 0.6) is 5.75 Å². The molecular formula is C35H57N11O13. The number of carboxylic acids is 1. The molecule has 0 radical (unpaired) electrons. The van der Waals surface area contributed by atoms with E-state index in [9.17, 15) is 63.9 Å². The highest BCUT2D eigenvalue weighted by atomic mass is 16.4. The number of benzene rings is 1. The number of nitrogens with zero attached hydrogens (tertiary/aromatic N) is 1. The number of hydrogen-bond donors (Lipinski definition) is 15. The van der Waals surface area contributed by atoms with Crippen LogP contribution in [-0.4, -0.2) is 147 Å². The minimum absolute atomic E-state index is 0.00260. The van der Waals surface area contributed by atoms with Gasteiger partial charge in [-0.2, -0.15) is 0 Å². The van der Waals surface area contributed by atoms with Gasteiger partial charge in [0.15, 0.2) is 5.96 Å². The van der Waals surface area contributed by atoms with Gasteiger partial charge in [-0.15, -0.1) is 0 Å². The molecule has 19 N–H and O–H groups in total. The minimum Gasteiger partial charge on any atom is -0.508 e. The first kappa shape index (κ1) is 50.9. The first-order valence-corrected chi connectivity index (χ1v) is 18.5. The summed E-state index contributed by atoms with van der Waals surface area (Å²) < 4.78 is 0. The summed E-state index contributed by atoms with van der Waals surface area (Å²) >= 11 is 0. The summed E-state index contributed by atoms with van der Waals surface area (Å²) in [5, 5.41) is 61.7. The van der Waals surface area contributed by atoms with Crippen LogP contribution in [0.25, 0.3) is 0 Å². The third kappa shape index (κ3) is 18.4. The average molecular weight is 840 g/mol. The number of aliphatic hydroxyl groups is 3. The Hall–Kier alpha value is -6.11. The maximum Gasteiger partial charge on any atom is 0.328 e. The zero-order valence-electron chi connectivity index (χ0n) is 32.8. The van der Waals surface area contributed by atoms with Gasteiger partial charge >= 0.3 is 5.97 Å². The third-order valence-corrected chi connectivity index (χ3v) is 8.84. The van der Waals surface area contributed by atoms with E-state index in [0.717, 1.165) is 0 Å². The van der Waals surface area contributed by atoms with Gasteiger partial charge in [-0.1, -0.05) is 32.4 Å². The minimum atomic E-state index is -1.76. The van der Waals surface area contributed by atoms with Crippen molar-refractivity contribution < 1.29 is 63.9 Å². The maximum atomic E-state index is 13.5. The van der Waals surface area contributed by atoms with Gasteiger partial charge in [-0.3, -0.25) is 38.6 Å². The molecule has 0 aliphatic carbocycles. The highest BCUT2D eigenvalue weighted by Crippen LogP contribution is 2.12. The number of aliphatic imine (C=N–C) groups is 1. The number of amides is 7. The molecule has 1 rings (SSSR count). The maximum absolute atomic E-state index is 13.5. The molecule has 0 fully saturated rings. The SMILES string of the molecule is CC[C@H](C)[C@H](NC(=O)[C@H](CO)NC(=O)[C@H](CCC(N)=O)NC(=O)[C@H](CO)NC(=O)[C@H](CCCN=C(N)N)NC(=O)[C@@H](N)Cc1ccc(O)cc1)C(=O)N[C@@H](CO)C(=O)O. The number of primary amides is 1. The Bertz CT molecular complexity index is 1630. The molecular weight excluding hydrogens is 782 g/mol. The van der Waals surface area contributed by atoms with Crippen LogP contribution in [0.1, 0.15) is 51.5 Å². The summed E-state index contributed by atoms with van der Waals surface area (Å²) in [7, 11) is 0. The smallest absolute Gasteiger partial charge is 0.328 e. The monoisotopic (exact) mass is 839 g/mol. The van der Waals surface area contributed by atoms with Crippen molar-refractivity contribution >= 4 is 53.3 Å². The molecule has 7 amide bonds. The van der Waals surface area contributed by atoms with Gasteiger partial charge < -0.3 is 80.4 Å². The van der Waals surface area contributed by atoms with E-state index >= 15 is 0 Å². The Morgan fingerprint density at radius 1 is 0.661 bits per heavy atom. The number of aliphatic hydroxyl groups excluding tert-OH is 3. The summed E-state index contributed by atoms with van der Waals surface area (Å²) in [5.74, 6) is -9.38. The first-order chi connectivity index (χ1) is 27.8. The Labute approximate surface area is 339 Å². The molecule has 1 aromatic rings. The second-order valence-corrected chi connectivity index (χ2v) is 13.5. The quantitative estimate of drug-likeness (QED) is 0.0223. The van der Waals surface area contributed by atoms with E-state index in [0.29, 0.717) is 12.0 Å². The third-order valence-electron chi connectivity index (χ3n) is 8.84. The predicted molar refractivity (Wildman–Crippen MR) is 208 cm³/mol. The van der Waals surface area contributed by atoms with E-state index in [2.05, 4.69) is 36.9 Å². The van der Waals surface area contributed by atoms with Crippen molar-refractivity contribution in [2.45, 2.75) is 94.7 Å². The van der Waals surface area contributed by atoms with Crippen LogP contribution in [0, 0.1) is 5.92 Å². The van der Waals surface area contributed by atoms with Crippen molar-refractivity contribution in [3.05, 3.63) is 29.8 Å². The normalized spacial score (nSPS) is 14.9. The lowest BCUT2D eigenvalue weighted by atomic mass is 9.97. The summed E-state index contributed by atoms with van der Waals surface area (Å²) in [6.45, 7) is 0.244. The van der Waals surface area contributed by atoms with Crippen LogP contribution in [0.15, 0.2) is 29.3 Å². The van der Waals surface area contributed by atoms with Crippen molar-refractivity contribution in [2.24, 2.45) is 33.8 Å². The van der Waals surface area contributed by atoms with Crippen molar-refractivity contribution in [2.75, 3.05) is 26.4 Å². The lowest BCUT2D eigenvalue weighted by Gasteiger charge is -2.28. The number of nitrogens with one attached hydrogen (secondary N) is 6. The molecule has 0 saturated heterocycles. The summed E-state index contributed by atoms with van der Waals surface area (Å²) in [6, 6.07) is -4.87. The number of phenolic OH excluding ortho intramolecular Hbond substituents is 1. The number of carbonyl (C=O) groups is 8. The number of carbonyl (C=O) groups excluding carboxylic acids is 7. The molecule has 330 valence electrons. The highest BCUT2D eigenvalue weighted by molar-refractivity contribution is 5.97. The van der Waals surface area contributed by atoms with Crippen molar-refractivity contribution in [1.29, 1.82) is 0 Å². The van der Waals surface area contributed by atoms with Gasteiger partial charge in [-0.05, 0) is 49.3 Å². The lowest BCUT2D eigenvalue weighted by Crippen LogP contribution is -2.61. The predicted octanol–water partition coefficient (Wildman–Crippen LogP) is -6.40. The average Bonchev–Trinajstić information content (AvgIpc) is 3.19. The van der Waals surface area contributed by atoms with Gasteiger partial charge in [0, 0.05) is 13.0 Å². The Morgan fingerprint density at radius 2 is 1.12 bits per heavy atom. The number of guanidine groups is 1. The molecule has 0 aromatic heterocycles. The van der Waals surface area contributed by atoms with Gasteiger partial charge in [0.1, 0.15) is 42.0 Å². The first-order valence-electron chi connectivity index (χ1n) is 18.5. The van der Waals surface area contributed by atoms with Gasteiger partial charge in [0.25, 0.3) is 0 Å². The van der Waals surface area contributed by atoms with Crippen molar-refractivity contribution in [3.63, 3.8) is 0 Å². The number of nitrogens with two attached hydrogens (primary N) is 4. The molecule has 1 aromatic carbocycles.